The molecule has 0 aromatic heterocycles. The molecule has 0 saturated carbocycles. The van der Waals surface area contributed by atoms with Gasteiger partial charge in [0.05, 0.1) is 0 Å². The number of benzene rings is 4. The van der Waals surface area contributed by atoms with E-state index in [0.717, 1.165) is 57.5 Å². The minimum Gasteiger partial charge on any atom is -1.00 e. The Morgan fingerprint density at radius 1 is 0.636 bits per heavy atom. The molecule has 2 aliphatic carbocycles. The summed E-state index contributed by atoms with van der Waals surface area (Å²) >= 11 is 1.10. The monoisotopic (exact) mass is 862 g/mol. The van der Waals surface area contributed by atoms with Crippen molar-refractivity contribution in [3.05, 3.63) is 153 Å². The molecule has 55 heavy (non-hydrogen) atoms. The van der Waals surface area contributed by atoms with Gasteiger partial charge in [-0.25, -0.2) is 12.2 Å². The first kappa shape index (κ1) is 48.6. The summed E-state index contributed by atoms with van der Waals surface area (Å²) in [5.74, 6) is 0. The van der Waals surface area contributed by atoms with Gasteiger partial charge >= 0.3 is 124 Å². The van der Waals surface area contributed by atoms with Gasteiger partial charge in [-0.15, -0.1) is 23.1 Å². The van der Waals surface area contributed by atoms with Crippen LogP contribution in [0, 0.1) is 19.1 Å². The molecular formula is C49H57Cl2F3Zr-2. The van der Waals surface area contributed by atoms with Crippen LogP contribution in [0.3, 0.4) is 0 Å². The Hall–Kier alpha value is -2.52. The molecule has 0 aliphatic heterocycles. The number of hydrogen-bond acceptors (Lipinski definition) is 0. The minimum absolute atomic E-state index is 0. The van der Waals surface area contributed by atoms with E-state index in [2.05, 4.69) is 120 Å². The Morgan fingerprint density at radius 2 is 1.18 bits per heavy atom. The van der Waals surface area contributed by atoms with Crippen LogP contribution in [0.15, 0.2) is 85.0 Å². The molecule has 2 aliphatic rings. The Labute approximate surface area is 357 Å². The molecule has 0 saturated heterocycles. The van der Waals surface area contributed by atoms with Crippen molar-refractivity contribution >= 4 is 3.21 Å². The molecule has 0 radical (unpaired) electrons. The molecule has 0 bridgehead atoms. The van der Waals surface area contributed by atoms with E-state index in [1.807, 2.05) is 43.3 Å². The standard InChI is InChI=1S/C29H41.C15H11F3.C5H5.2ClH.Zr/c1-26(2,3)22-14-18-13-19-15-23(27(4,5)6)25(29(10,11)12)17-21(19)20(18)16-24(22)28(7,8)9;1-11-5-7-12(8-6-11)9-13-3-2-4-14(10-13)15(16,17)18;1-2-4-5-3-1;;;/h14,16-17H,13H2,1-12H3;2-8,10H,1H3;1-3H,4H2;2*1H;/q-1;;-1;;;+2/p-2. The number of hydrogen-bond donors (Lipinski definition) is 0. The molecule has 294 valence electrons. The zero-order chi connectivity index (χ0) is 39.7. The molecule has 0 heterocycles. The second kappa shape index (κ2) is 18.4. The fourth-order valence-electron chi connectivity index (χ4n) is 6.70. The Balaban J connectivity index is 0.000000345. The summed E-state index contributed by atoms with van der Waals surface area (Å²) in [7, 11) is 0. The van der Waals surface area contributed by atoms with Crippen LogP contribution in [0.1, 0.15) is 145 Å². The van der Waals surface area contributed by atoms with Crippen LogP contribution in [0.25, 0.3) is 11.1 Å². The number of fused-ring (bicyclic) bond motifs is 3. The first-order valence-corrected chi connectivity index (χ1v) is 19.8. The second-order valence-corrected chi connectivity index (χ2v) is 19.7. The molecule has 0 nitrogen and oxygen atoms in total. The van der Waals surface area contributed by atoms with Crippen LogP contribution in [0.5, 0.6) is 0 Å². The topological polar surface area (TPSA) is 0 Å². The van der Waals surface area contributed by atoms with Crippen LogP contribution < -0.4 is 24.8 Å². The number of alkyl halides is 3. The molecule has 0 atom stereocenters. The molecule has 0 fully saturated rings. The van der Waals surface area contributed by atoms with E-state index in [0.29, 0.717) is 5.56 Å². The minimum atomic E-state index is -4.29. The summed E-state index contributed by atoms with van der Waals surface area (Å²) < 4.78 is 39.0. The van der Waals surface area contributed by atoms with Crippen LogP contribution in [-0.4, -0.2) is 3.21 Å². The van der Waals surface area contributed by atoms with Gasteiger partial charge in [0.2, 0.25) is 0 Å². The van der Waals surface area contributed by atoms with Crippen molar-refractivity contribution in [2.45, 2.75) is 131 Å². The molecular weight excluding hydrogens is 808 g/mol. The Bertz CT molecular complexity index is 1920. The van der Waals surface area contributed by atoms with Gasteiger partial charge in [-0.05, 0) is 39.4 Å². The van der Waals surface area contributed by atoms with Crippen molar-refractivity contribution in [3.8, 4) is 11.1 Å². The van der Waals surface area contributed by atoms with Crippen LogP contribution in [0.4, 0.5) is 13.2 Å². The maximum absolute atomic E-state index is 12.7. The summed E-state index contributed by atoms with van der Waals surface area (Å²) in [6.45, 7) is 30.0. The maximum atomic E-state index is 12.7. The van der Waals surface area contributed by atoms with Crippen molar-refractivity contribution in [1.82, 2.24) is 0 Å². The Kier molecular flexibility index (Phi) is 16.3. The van der Waals surface area contributed by atoms with Crippen LogP contribution in [0.2, 0.25) is 0 Å². The van der Waals surface area contributed by atoms with Crippen LogP contribution >= 0.6 is 0 Å². The number of rotatable bonds is 2. The summed E-state index contributed by atoms with van der Waals surface area (Å²) in [5, 5.41) is 0. The quantitative estimate of drug-likeness (QED) is 0.160. The average Bonchev–Trinajstić information content (AvgIpc) is 3.74. The molecule has 4 aromatic carbocycles. The van der Waals surface area contributed by atoms with E-state index >= 15 is 0 Å². The van der Waals surface area contributed by atoms with Gasteiger partial charge in [0, 0.05) is 0 Å². The first-order valence-electron chi connectivity index (χ1n) is 18.6. The largest absolute Gasteiger partial charge is 1.00 e. The number of allylic oxidation sites excluding steroid dienone is 4. The maximum Gasteiger partial charge on any atom is -0.109 e. The van der Waals surface area contributed by atoms with Gasteiger partial charge < -0.3 is 24.8 Å². The zero-order valence-electron chi connectivity index (χ0n) is 34.9. The summed E-state index contributed by atoms with van der Waals surface area (Å²) in [5.41, 5.74) is 14.1. The smallest absolute Gasteiger partial charge is 0.109 e. The van der Waals surface area contributed by atoms with E-state index in [-0.39, 0.29) is 46.5 Å². The molecule has 4 aromatic rings. The molecule has 0 N–H and O–H groups in total. The predicted molar refractivity (Wildman–Crippen MR) is 216 cm³/mol. The van der Waals surface area contributed by atoms with E-state index in [9.17, 15) is 13.2 Å². The molecule has 0 amide bonds. The third-order valence-corrected chi connectivity index (χ3v) is 11.1. The molecule has 0 unspecified atom stereocenters. The summed E-state index contributed by atoms with van der Waals surface area (Å²) in [6, 6.07) is 24.7. The van der Waals surface area contributed by atoms with E-state index < -0.39 is 11.7 Å². The summed E-state index contributed by atoms with van der Waals surface area (Å²) in [6.07, 6.45) is 6.71. The summed E-state index contributed by atoms with van der Waals surface area (Å²) in [4.78, 5) is 0. The first-order chi connectivity index (χ1) is 24.3. The van der Waals surface area contributed by atoms with Gasteiger partial charge in [-0.1, -0.05) is 106 Å². The average molecular weight is 865 g/mol. The van der Waals surface area contributed by atoms with E-state index in [4.69, 9.17) is 0 Å². The molecule has 6 rings (SSSR count). The fraction of sp³-hybridized carbons (Fsp3) is 0.408. The van der Waals surface area contributed by atoms with Crippen LogP contribution in [-0.2, 0) is 58.5 Å². The predicted octanol–water partition coefficient (Wildman–Crippen LogP) is 7.69. The van der Waals surface area contributed by atoms with Gasteiger partial charge in [0.25, 0.3) is 0 Å². The molecule has 6 heteroatoms. The van der Waals surface area contributed by atoms with Crippen molar-refractivity contribution in [1.29, 1.82) is 0 Å². The van der Waals surface area contributed by atoms with Gasteiger partial charge in [0.1, 0.15) is 0 Å². The van der Waals surface area contributed by atoms with Crippen molar-refractivity contribution in [3.63, 3.8) is 0 Å². The normalized spacial score (nSPS) is 13.3. The Morgan fingerprint density at radius 3 is 1.64 bits per heavy atom. The third kappa shape index (κ3) is 12.5. The zero-order valence-corrected chi connectivity index (χ0v) is 38.9. The van der Waals surface area contributed by atoms with E-state index in [1.54, 1.807) is 6.07 Å². The number of aryl methyl sites for hydroxylation is 1. The van der Waals surface area contributed by atoms with Gasteiger partial charge in [-0.2, -0.15) is 23.8 Å². The van der Waals surface area contributed by atoms with Gasteiger partial charge in [-0.3, -0.25) is 6.08 Å². The van der Waals surface area contributed by atoms with E-state index in [1.165, 1.54) is 56.6 Å². The number of halogens is 5. The molecule has 0 spiro atoms. The second-order valence-electron chi connectivity index (χ2n) is 18.5. The SMILES string of the molecule is CC(C)(C)c1[c-]c2c(cc1C(C)(C)C)-c1cc(C(C)(C)C)c(C(C)(C)C)cc1C2.Cc1ccc([C](=[Zr+2])c2cccc(C(F)(F)F)c2)cc1.[C-]1=CC=CC1.[Cl-].[Cl-]. The van der Waals surface area contributed by atoms with Gasteiger partial charge in [0.15, 0.2) is 0 Å². The van der Waals surface area contributed by atoms with Crippen molar-refractivity contribution in [2.75, 3.05) is 0 Å². The third-order valence-electron chi connectivity index (χ3n) is 9.64. The fourth-order valence-corrected chi connectivity index (χ4v) is 7.49. The van der Waals surface area contributed by atoms with Crippen molar-refractivity contribution in [2.24, 2.45) is 0 Å². The van der Waals surface area contributed by atoms with Crippen molar-refractivity contribution < 1.29 is 62.2 Å².